The molecule has 8 heteroatoms. The molecular weight excluding hydrogens is 398 g/mol. The Hall–Kier alpha value is -2.71. The number of fused-ring (bicyclic) bond motifs is 5. The molecule has 1 aliphatic rings. The molecule has 3 aromatic heterocycles. The first kappa shape index (κ1) is 19.3. The van der Waals surface area contributed by atoms with Gasteiger partial charge in [0.05, 0.1) is 22.9 Å². The summed E-state index contributed by atoms with van der Waals surface area (Å²) in [5, 5.41) is 8.20. The Morgan fingerprint density at radius 3 is 2.70 bits per heavy atom. The van der Waals surface area contributed by atoms with Crippen molar-refractivity contribution in [2.45, 2.75) is 51.8 Å². The first-order valence-electron chi connectivity index (χ1n) is 10.1. The number of nitrogens with zero attached hydrogens (tertiary/aromatic N) is 4. The number of thiophene rings is 1. The summed E-state index contributed by atoms with van der Waals surface area (Å²) in [6.07, 6.45) is 2.73. The van der Waals surface area contributed by atoms with E-state index >= 15 is 0 Å². The van der Waals surface area contributed by atoms with Crippen molar-refractivity contribution >= 4 is 27.2 Å². The van der Waals surface area contributed by atoms with Gasteiger partial charge in [-0.05, 0) is 45.4 Å². The molecule has 0 fully saturated rings. The Balaban J connectivity index is 1.57. The maximum Gasteiger partial charge on any atom is 0.189 e. The summed E-state index contributed by atoms with van der Waals surface area (Å²) < 4.78 is 13.1. The fourth-order valence-electron chi connectivity index (χ4n) is 4.68. The Morgan fingerprint density at radius 2 is 1.93 bits per heavy atom. The number of methoxy groups -OCH3 is 1. The van der Waals surface area contributed by atoms with Gasteiger partial charge in [-0.3, -0.25) is 0 Å². The highest BCUT2D eigenvalue weighted by atomic mass is 32.1. The summed E-state index contributed by atoms with van der Waals surface area (Å²) in [4.78, 5) is 11.9. The molecule has 1 aromatic carbocycles. The van der Waals surface area contributed by atoms with Gasteiger partial charge in [0.2, 0.25) is 0 Å². The molecule has 2 N–H and O–H groups in total. The minimum absolute atomic E-state index is 0.00919. The molecule has 0 aliphatic carbocycles. The lowest BCUT2D eigenvalue weighted by Gasteiger charge is -2.38. The van der Waals surface area contributed by atoms with Crippen molar-refractivity contribution in [3.8, 4) is 11.5 Å². The van der Waals surface area contributed by atoms with E-state index in [0.717, 1.165) is 22.3 Å². The lowest BCUT2D eigenvalue weighted by molar-refractivity contribution is -0.789. The molecule has 30 heavy (non-hydrogen) atoms. The van der Waals surface area contributed by atoms with Crippen LogP contribution in [0.5, 0.6) is 11.5 Å². The number of para-hydroxylation sites is 2. The topological polar surface area (TPSA) is 78.2 Å². The Bertz CT molecular complexity index is 1260. The predicted molar refractivity (Wildman–Crippen MR) is 116 cm³/mol. The van der Waals surface area contributed by atoms with Crippen LogP contribution in [0.4, 0.5) is 0 Å². The van der Waals surface area contributed by atoms with Crippen molar-refractivity contribution in [1.82, 2.24) is 19.6 Å². The standard InChI is InChI=1S/C22H25N5O2S/c1-21(2)10-13-17-19-24-16(11-29-15-9-7-6-8-14(15)28-5)25-27(19)12-23-20(17)30-18(13)22(3,4)26-21/h6-9,12,26H,10-11H2,1-5H3/p+1. The molecule has 156 valence electrons. The second kappa shape index (κ2) is 6.65. The summed E-state index contributed by atoms with van der Waals surface area (Å²) >= 11 is 1.78. The largest absolute Gasteiger partial charge is 0.493 e. The zero-order valence-electron chi connectivity index (χ0n) is 17.9. The third-order valence-corrected chi connectivity index (χ3v) is 7.05. The third kappa shape index (κ3) is 3.11. The number of quaternary nitrogens is 1. The van der Waals surface area contributed by atoms with Gasteiger partial charge >= 0.3 is 0 Å². The van der Waals surface area contributed by atoms with Crippen molar-refractivity contribution in [2.24, 2.45) is 0 Å². The van der Waals surface area contributed by atoms with Gasteiger partial charge in [-0.1, -0.05) is 12.1 Å². The number of hydrogen-bond acceptors (Lipinski definition) is 6. The zero-order chi connectivity index (χ0) is 21.1. The van der Waals surface area contributed by atoms with Crippen LogP contribution in [0.15, 0.2) is 30.6 Å². The van der Waals surface area contributed by atoms with Crippen molar-refractivity contribution in [3.63, 3.8) is 0 Å². The maximum atomic E-state index is 5.93. The van der Waals surface area contributed by atoms with Gasteiger partial charge in [0.15, 0.2) is 23.0 Å². The molecule has 0 spiro atoms. The van der Waals surface area contributed by atoms with Gasteiger partial charge in [0.1, 0.15) is 23.3 Å². The molecular formula is C22H26N5O2S+. The fourth-order valence-corrected chi connectivity index (χ4v) is 5.91. The van der Waals surface area contributed by atoms with Crippen LogP contribution in [-0.2, 0) is 18.6 Å². The number of hydrogen-bond donors (Lipinski definition) is 1. The molecule has 0 bridgehead atoms. The molecule has 7 nitrogen and oxygen atoms in total. The van der Waals surface area contributed by atoms with E-state index in [1.165, 1.54) is 10.4 Å². The van der Waals surface area contributed by atoms with Gasteiger partial charge in [-0.2, -0.15) is 0 Å². The van der Waals surface area contributed by atoms with Crippen LogP contribution in [0.2, 0.25) is 0 Å². The van der Waals surface area contributed by atoms with Crippen molar-refractivity contribution in [2.75, 3.05) is 7.11 Å². The van der Waals surface area contributed by atoms with E-state index in [9.17, 15) is 0 Å². The lowest BCUT2D eigenvalue weighted by atomic mass is 9.82. The van der Waals surface area contributed by atoms with E-state index in [0.29, 0.717) is 17.3 Å². The number of nitrogens with two attached hydrogens (primary N) is 1. The highest BCUT2D eigenvalue weighted by Gasteiger charge is 2.43. The fraction of sp³-hybridized carbons (Fsp3) is 0.409. The van der Waals surface area contributed by atoms with Crippen molar-refractivity contribution in [1.29, 1.82) is 0 Å². The minimum Gasteiger partial charge on any atom is -0.493 e. The van der Waals surface area contributed by atoms with Gasteiger partial charge in [-0.15, -0.1) is 16.4 Å². The van der Waals surface area contributed by atoms with Gasteiger partial charge in [0.25, 0.3) is 0 Å². The summed E-state index contributed by atoms with van der Waals surface area (Å²) in [6.45, 7) is 9.43. The van der Waals surface area contributed by atoms with E-state index in [1.54, 1.807) is 29.3 Å². The van der Waals surface area contributed by atoms with Gasteiger partial charge < -0.3 is 14.8 Å². The van der Waals surface area contributed by atoms with E-state index < -0.39 is 0 Å². The quantitative estimate of drug-likeness (QED) is 0.545. The van der Waals surface area contributed by atoms with Crippen LogP contribution in [0.25, 0.3) is 15.9 Å². The van der Waals surface area contributed by atoms with Crippen LogP contribution >= 0.6 is 11.3 Å². The molecule has 0 saturated heterocycles. The normalized spacial score (nSPS) is 17.2. The summed E-state index contributed by atoms with van der Waals surface area (Å²) in [5.41, 5.74) is 2.34. The number of aromatic nitrogens is 4. The smallest absolute Gasteiger partial charge is 0.189 e. The van der Waals surface area contributed by atoms with Crippen molar-refractivity contribution in [3.05, 3.63) is 46.9 Å². The molecule has 0 radical (unpaired) electrons. The van der Waals surface area contributed by atoms with Crippen LogP contribution in [0.3, 0.4) is 0 Å². The van der Waals surface area contributed by atoms with Crippen LogP contribution in [0.1, 0.15) is 44.0 Å². The third-order valence-electron chi connectivity index (χ3n) is 5.57. The zero-order valence-corrected chi connectivity index (χ0v) is 18.7. The molecule has 5 rings (SSSR count). The molecule has 0 unspecified atom stereocenters. The first-order valence-corrected chi connectivity index (χ1v) is 10.9. The lowest BCUT2D eigenvalue weighted by Crippen LogP contribution is -3.03. The average molecular weight is 425 g/mol. The van der Waals surface area contributed by atoms with Gasteiger partial charge in [-0.25, -0.2) is 14.5 Å². The van der Waals surface area contributed by atoms with E-state index in [4.69, 9.17) is 19.4 Å². The highest BCUT2D eigenvalue weighted by molar-refractivity contribution is 7.19. The molecule has 0 atom stereocenters. The SMILES string of the molecule is COc1ccccc1OCc1nc2c3c4c(sc3ncn2n1)C(C)(C)[NH2+]C(C)(C)C4. The molecule has 0 amide bonds. The Kier molecular flexibility index (Phi) is 4.27. The monoisotopic (exact) mass is 424 g/mol. The second-order valence-electron chi connectivity index (χ2n) is 9.10. The molecule has 4 heterocycles. The summed E-state index contributed by atoms with van der Waals surface area (Å²) in [5.74, 6) is 1.99. The Labute approximate surface area is 179 Å². The van der Waals surface area contributed by atoms with Crippen LogP contribution in [0, 0.1) is 0 Å². The second-order valence-corrected chi connectivity index (χ2v) is 10.1. The molecule has 0 saturated carbocycles. The van der Waals surface area contributed by atoms with E-state index in [-0.39, 0.29) is 17.7 Å². The predicted octanol–water partition coefficient (Wildman–Crippen LogP) is 3.06. The maximum absolute atomic E-state index is 5.93. The highest BCUT2D eigenvalue weighted by Crippen LogP contribution is 2.41. The van der Waals surface area contributed by atoms with E-state index in [1.807, 2.05) is 24.3 Å². The van der Waals surface area contributed by atoms with Crippen LogP contribution in [-0.4, -0.2) is 32.2 Å². The molecule has 1 aliphatic heterocycles. The number of ether oxygens (including phenoxy) is 2. The van der Waals surface area contributed by atoms with Gasteiger partial charge in [0, 0.05) is 6.42 Å². The van der Waals surface area contributed by atoms with Crippen LogP contribution < -0.4 is 14.8 Å². The summed E-state index contributed by atoms with van der Waals surface area (Å²) in [6, 6.07) is 7.58. The summed E-state index contributed by atoms with van der Waals surface area (Å²) in [7, 11) is 1.63. The van der Waals surface area contributed by atoms with E-state index in [2.05, 4.69) is 38.1 Å². The van der Waals surface area contributed by atoms with Crippen molar-refractivity contribution < 1.29 is 14.8 Å². The average Bonchev–Trinajstić information content (AvgIpc) is 3.26. The Morgan fingerprint density at radius 1 is 1.17 bits per heavy atom. The molecule has 4 aromatic rings. The first-order chi connectivity index (χ1) is 14.3. The number of rotatable bonds is 4. The minimum atomic E-state index is 0.00919. The number of benzene rings is 1.